The number of aromatic hydroxyl groups is 1. The second-order valence-electron chi connectivity index (χ2n) is 8.48. The Morgan fingerprint density at radius 2 is 1.88 bits per heavy atom. The van der Waals surface area contributed by atoms with E-state index < -0.39 is 82.9 Å². The highest BCUT2D eigenvalue weighted by Gasteiger charge is 2.44. The van der Waals surface area contributed by atoms with Gasteiger partial charge in [-0.25, -0.2) is 17.6 Å². The highest BCUT2D eigenvalue weighted by molar-refractivity contribution is 5.99. The SMILES string of the molecule is Cc1cc(F)c(CNC(=O)c2cn3c(c(O)c2=O)C(=O)N2CN3[C@H](C)C[C@H](F)[C@@H]2CF)c(F)c1. The Kier molecular flexibility index (Phi) is 6.00. The maximum atomic E-state index is 14.6. The molecule has 2 aliphatic heterocycles. The largest absolute Gasteiger partial charge is 0.502 e. The zero-order chi connectivity index (χ0) is 24.9. The van der Waals surface area contributed by atoms with Crippen molar-refractivity contribution in [2.45, 2.75) is 45.1 Å². The van der Waals surface area contributed by atoms with Gasteiger partial charge in [0.15, 0.2) is 11.4 Å². The van der Waals surface area contributed by atoms with Crippen LogP contribution in [-0.2, 0) is 6.54 Å². The number of nitrogens with zero attached hydrogens (tertiary/aromatic N) is 3. The van der Waals surface area contributed by atoms with E-state index in [1.807, 2.05) is 0 Å². The van der Waals surface area contributed by atoms with E-state index in [4.69, 9.17) is 0 Å². The number of alkyl halides is 2. The molecule has 2 aliphatic rings. The quantitative estimate of drug-likeness (QED) is 0.650. The van der Waals surface area contributed by atoms with Crippen LogP contribution in [0, 0.1) is 18.6 Å². The maximum absolute atomic E-state index is 14.6. The molecule has 2 aromatic rings. The van der Waals surface area contributed by atoms with Crippen molar-refractivity contribution in [2.24, 2.45) is 0 Å². The van der Waals surface area contributed by atoms with Gasteiger partial charge >= 0.3 is 0 Å². The Labute approximate surface area is 191 Å². The summed E-state index contributed by atoms with van der Waals surface area (Å²) in [5, 5.41) is 14.2. The predicted molar refractivity (Wildman–Crippen MR) is 113 cm³/mol. The van der Waals surface area contributed by atoms with Crippen LogP contribution in [0.2, 0.25) is 0 Å². The lowest BCUT2D eigenvalue weighted by atomic mass is 10.1. The normalized spacial score (nSPS) is 21.8. The lowest BCUT2D eigenvalue weighted by Gasteiger charge is -2.41. The second-order valence-corrected chi connectivity index (χ2v) is 8.48. The minimum absolute atomic E-state index is 0.141. The molecular formula is C22H22F4N4O4. The van der Waals surface area contributed by atoms with E-state index in [1.54, 1.807) is 6.92 Å². The number of hydrogen-bond donors (Lipinski definition) is 2. The molecule has 0 saturated carbocycles. The van der Waals surface area contributed by atoms with Crippen molar-refractivity contribution in [2.75, 3.05) is 18.4 Å². The van der Waals surface area contributed by atoms with Gasteiger partial charge in [0.2, 0.25) is 5.43 Å². The van der Waals surface area contributed by atoms with Gasteiger partial charge in [-0.1, -0.05) is 0 Å². The van der Waals surface area contributed by atoms with Gasteiger partial charge in [-0.05, 0) is 31.5 Å². The fraction of sp³-hybridized carbons (Fsp3) is 0.409. The van der Waals surface area contributed by atoms with Crippen molar-refractivity contribution in [1.29, 1.82) is 0 Å². The summed E-state index contributed by atoms with van der Waals surface area (Å²) in [7, 11) is 0. The first-order chi connectivity index (χ1) is 16.0. The lowest BCUT2D eigenvalue weighted by Crippen LogP contribution is -2.58. The molecule has 4 rings (SSSR count). The summed E-state index contributed by atoms with van der Waals surface area (Å²) in [5.41, 5.74) is -2.39. The molecule has 2 amide bonds. The van der Waals surface area contributed by atoms with E-state index in [9.17, 15) is 37.1 Å². The molecule has 34 heavy (non-hydrogen) atoms. The molecule has 182 valence electrons. The molecule has 1 aromatic carbocycles. The summed E-state index contributed by atoms with van der Waals surface area (Å²) in [6.45, 7) is 1.16. The van der Waals surface area contributed by atoms with Crippen LogP contribution in [0.15, 0.2) is 23.1 Å². The number of pyridine rings is 1. The number of aromatic nitrogens is 1. The third kappa shape index (κ3) is 3.76. The van der Waals surface area contributed by atoms with Crippen LogP contribution in [0.1, 0.15) is 45.3 Å². The number of rotatable bonds is 4. The smallest absolute Gasteiger partial charge is 0.278 e. The van der Waals surface area contributed by atoms with Crippen molar-refractivity contribution < 1.29 is 32.3 Å². The first-order valence-electron chi connectivity index (χ1n) is 10.5. The summed E-state index contributed by atoms with van der Waals surface area (Å²) < 4.78 is 57.4. The zero-order valence-electron chi connectivity index (χ0n) is 18.3. The number of nitrogens with one attached hydrogen (secondary N) is 1. The molecule has 0 unspecified atom stereocenters. The predicted octanol–water partition coefficient (Wildman–Crippen LogP) is 1.89. The number of carbonyl (C=O) groups excluding carboxylic acids is 2. The van der Waals surface area contributed by atoms with E-state index in [2.05, 4.69) is 5.32 Å². The molecule has 0 radical (unpaired) electrons. The molecule has 0 aliphatic carbocycles. The first-order valence-corrected chi connectivity index (χ1v) is 10.5. The number of aryl methyl sites for hydroxylation is 1. The molecule has 3 heterocycles. The van der Waals surface area contributed by atoms with Gasteiger partial charge in [0.05, 0.1) is 6.04 Å². The van der Waals surface area contributed by atoms with Crippen molar-refractivity contribution >= 4 is 11.8 Å². The maximum Gasteiger partial charge on any atom is 0.278 e. The molecule has 1 saturated heterocycles. The van der Waals surface area contributed by atoms with Crippen molar-refractivity contribution in [3.63, 3.8) is 0 Å². The Morgan fingerprint density at radius 3 is 2.50 bits per heavy atom. The van der Waals surface area contributed by atoms with Gasteiger partial charge in [0.25, 0.3) is 11.8 Å². The third-order valence-electron chi connectivity index (χ3n) is 6.21. The monoisotopic (exact) mass is 482 g/mol. The number of benzene rings is 1. The number of hydrogen-bond acceptors (Lipinski definition) is 5. The van der Waals surface area contributed by atoms with Crippen LogP contribution < -0.4 is 15.8 Å². The highest BCUT2D eigenvalue weighted by Crippen LogP contribution is 2.30. The van der Waals surface area contributed by atoms with E-state index in [-0.39, 0.29) is 13.1 Å². The van der Waals surface area contributed by atoms with Crippen molar-refractivity contribution in [1.82, 2.24) is 14.9 Å². The van der Waals surface area contributed by atoms with Crippen molar-refractivity contribution in [3.05, 3.63) is 62.6 Å². The standard InChI is InChI=1S/C22H22F4N4O4/c1-10-3-14(24)12(15(25)4-10)7-27-21(33)13-8-29-18(20(32)19(13)31)22(34)28-9-30(29)11(2)5-16(26)17(28)6-23/h3-4,8,11,16-17,32H,5-7,9H2,1-2H3,(H,27,33)/t11-,16+,17+/m1/s1. The third-order valence-corrected chi connectivity index (χ3v) is 6.21. The average molecular weight is 482 g/mol. The minimum Gasteiger partial charge on any atom is -0.502 e. The van der Waals surface area contributed by atoms with E-state index >= 15 is 0 Å². The Balaban J connectivity index is 1.71. The van der Waals surface area contributed by atoms with Crippen LogP contribution in [0.3, 0.4) is 0 Å². The molecule has 2 bridgehead atoms. The molecule has 8 nitrogen and oxygen atoms in total. The van der Waals surface area contributed by atoms with Gasteiger partial charge in [0.1, 0.15) is 36.7 Å². The Hall–Kier alpha value is -3.57. The fourth-order valence-electron chi connectivity index (χ4n) is 4.33. The highest BCUT2D eigenvalue weighted by atomic mass is 19.1. The van der Waals surface area contributed by atoms with Gasteiger partial charge < -0.3 is 15.3 Å². The summed E-state index contributed by atoms with van der Waals surface area (Å²) in [6.07, 6.45) is -0.818. The van der Waals surface area contributed by atoms with Crippen LogP contribution >= 0.6 is 0 Å². The molecule has 2 N–H and O–H groups in total. The Bertz CT molecular complexity index is 1210. The van der Waals surface area contributed by atoms with Crippen molar-refractivity contribution in [3.8, 4) is 5.75 Å². The van der Waals surface area contributed by atoms with Crippen LogP contribution in [0.25, 0.3) is 0 Å². The number of fused-ring (bicyclic) bond motifs is 4. The molecule has 12 heteroatoms. The number of carbonyl (C=O) groups is 2. The number of amides is 2. The topological polar surface area (TPSA) is 94.9 Å². The molecular weight excluding hydrogens is 460 g/mol. The zero-order valence-corrected chi connectivity index (χ0v) is 18.3. The lowest BCUT2D eigenvalue weighted by molar-refractivity contribution is 0.0475. The van der Waals surface area contributed by atoms with Gasteiger partial charge in [-0.15, -0.1) is 0 Å². The molecule has 3 atom stereocenters. The van der Waals surface area contributed by atoms with Crippen LogP contribution in [0.5, 0.6) is 5.75 Å². The van der Waals surface area contributed by atoms with Crippen LogP contribution in [-0.4, -0.2) is 58.1 Å². The van der Waals surface area contributed by atoms with Gasteiger partial charge in [0, 0.05) is 30.8 Å². The summed E-state index contributed by atoms with van der Waals surface area (Å²) in [4.78, 5) is 39.3. The molecule has 1 aromatic heterocycles. The Morgan fingerprint density at radius 1 is 1.24 bits per heavy atom. The molecule has 0 spiro atoms. The fourth-order valence-corrected chi connectivity index (χ4v) is 4.33. The van der Waals surface area contributed by atoms with E-state index in [0.717, 1.165) is 27.9 Å². The summed E-state index contributed by atoms with van der Waals surface area (Å²) in [5.74, 6) is -4.83. The first kappa shape index (κ1) is 23.6. The molecule has 1 fully saturated rings. The number of halogens is 4. The minimum atomic E-state index is -1.68. The van der Waals surface area contributed by atoms with Crippen LogP contribution in [0.4, 0.5) is 17.6 Å². The van der Waals surface area contributed by atoms with E-state index in [0.29, 0.717) is 5.56 Å². The summed E-state index contributed by atoms with van der Waals surface area (Å²) >= 11 is 0. The summed E-state index contributed by atoms with van der Waals surface area (Å²) in [6, 6.07) is 0.204. The van der Waals surface area contributed by atoms with E-state index in [1.165, 1.54) is 11.9 Å². The van der Waals surface area contributed by atoms with Gasteiger partial charge in [-0.3, -0.25) is 24.1 Å². The second kappa shape index (κ2) is 8.65. The van der Waals surface area contributed by atoms with Gasteiger partial charge in [-0.2, -0.15) is 0 Å². The average Bonchev–Trinajstić information content (AvgIpc) is 2.87.